The molecule has 6 heteroatoms. The Labute approximate surface area is 132 Å². The lowest BCUT2D eigenvalue weighted by molar-refractivity contribution is -0.129. The summed E-state index contributed by atoms with van der Waals surface area (Å²) in [7, 11) is 0. The molecular weight excluding hydrogens is 336 g/mol. The van der Waals surface area contributed by atoms with Crippen molar-refractivity contribution in [1.29, 1.82) is 0 Å². The quantitative estimate of drug-likeness (QED) is 0.855. The van der Waals surface area contributed by atoms with Crippen molar-refractivity contribution in [2.45, 2.75) is 32.7 Å². The number of phenols is 1. The molecule has 2 amide bonds. The first-order valence-corrected chi connectivity index (χ1v) is 7.73. The number of nitrogens with zero attached hydrogens (tertiary/aromatic N) is 1. The van der Waals surface area contributed by atoms with Crippen molar-refractivity contribution < 1.29 is 14.7 Å². The predicted molar refractivity (Wildman–Crippen MR) is 83.3 cm³/mol. The summed E-state index contributed by atoms with van der Waals surface area (Å²) in [5, 5.41) is 12.9. The maximum atomic E-state index is 12.3. The van der Waals surface area contributed by atoms with Crippen molar-refractivity contribution >= 4 is 27.7 Å². The topological polar surface area (TPSA) is 69.6 Å². The van der Waals surface area contributed by atoms with E-state index in [1.807, 2.05) is 6.92 Å². The SMILES string of the molecule is CC(=O)N1CCC(NC(=O)c2cc(C)cc(Br)c2O)CC1. The van der Waals surface area contributed by atoms with Crippen molar-refractivity contribution in [3.05, 3.63) is 27.7 Å². The molecule has 0 radical (unpaired) electrons. The Hall–Kier alpha value is -1.56. The highest BCUT2D eigenvalue weighted by molar-refractivity contribution is 9.10. The second kappa shape index (κ2) is 6.47. The molecule has 1 heterocycles. The van der Waals surface area contributed by atoms with Crippen LogP contribution < -0.4 is 5.32 Å². The van der Waals surface area contributed by atoms with Gasteiger partial charge in [0.25, 0.3) is 5.91 Å². The first-order valence-electron chi connectivity index (χ1n) is 6.94. The standard InChI is InChI=1S/C15H19BrN2O3/c1-9-7-12(14(20)13(16)8-9)15(21)17-11-3-5-18(6-4-11)10(2)19/h7-8,11,20H,3-6H2,1-2H3,(H,17,21). The number of aryl methyl sites for hydroxylation is 1. The maximum Gasteiger partial charge on any atom is 0.255 e. The smallest absolute Gasteiger partial charge is 0.255 e. The molecule has 2 rings (SSSR count). The molecule has 0 spiro atoms. The van der Waals surface area contributed by atoms with Crippen LogP contribution in [-0.2, 0) is 4.79 Å². The minimum atomic E-state index is -0.279. The summed E-state index contributed by atoms with van der Waals surface area (Å²) in [5.41, 5.74) is 1.17. The van der Waals surface area contributed by atoms with E-state index in [-0.39, 0.29) is 29.2 Å². The Bertz CT molecular complexity index is 566. The number of carbonyl (C=O) groups is 2. The molecule has 1 aliphatic heterocycles. The number of benzene rings is 1. The normalized spacial score (nSPS) is 15.9. The molecule has 21 heavy (non-hydrogen) atoms. The van der Waals surface area contributed by atoms with Gasteiger partial charge < -0.3 is 15.3 Å². The molecule has 0 saturated carbocycles. The molecule has 1 aliphatic rings. The number of nitrogens with one attached hydrogen (secondary N) is 1. The van der Waals surface area contributed by atoms with Crippen LogP contribution in [0.25, 0.3) is 0 Å². The van der Waals surface area contributed by atoms with E-state index in [0.29, 0.717) is 17.6 Å². The maximum absolute atomic E-state index is 12.3. The summed E-state index contributed by atoms with van der Waals surface area (Å²) >= 11 is 3.24. The lowest BCUT2D eigenvalue weighted by Crippen LogP contribution is -2.46. The van der Waals surface area contributed by atoms with E-state index in [1.54, 1.807) is 24.0 Å². The van der Waals surface area contributed by atoms with Gasteiger partial charge in [-0.25, -0.2) is 0 Å². The van der Waals surface area contributed by atoms with Crippen LogP contribution in [0.15, 0.2) is 16.6 Å². The number of rotatable bonds is 2. The second-order valence-electron chi connectivity index (χ2n) is 5.40. The van der Waals surface area contributed by atoms with Crippen LogP contribution in [0.3, 0.4) is 0 Å². The van der Waals surface area contributed by atoms with Crippen molar-refractivity contribution in [1.82, 2.24) is 10.2 Å². The molecule has 2 N–H and O–H groups in total. The van der Waals surface area contributed by atoms with E-state index in [1.165, 1.54) is 0 Å². The summed E-state index contributed by atoms with van der Waals surface area (Å²) in [6, 6.07) is 3.46. The van der Waals surface area contributed by atoms with E-state index in [4.69, 9.17) is 0 Å². The van der Waals surface area contributed by atoms with Gasteiger partial charge in [-0.05, 0) is 53.4 Å². The van der Waals surface area contributed by atoms with Crippen LogP contribution in [0, 0.1) is 6.92 Å². The molecule has 1 saturated heterocycles. The van der Waals surface area contributed by atoms with Crippen LogP contribution in [0.1, 0.15) is 35.7 Å². The third-order valence-corrected chi connectivity index (χ3v) is 4.33. The molecule has 0 aliphatic carbocycles. The van der Waals surface area contributed by atoms with Gasteiger partial charge in [-0.15, -0.1) is 0 Å². The molecule has 1 aromatic rings. The van der Waals surface area contributed by atoms with Gasteiger partial charge in [0.05, 0.1) is 10.0 Å². The number of piperidine rings is 1. The van der Waals surface area contributed by atoms with Gasteiger partial charge >= 0.3 is 0 Å². The van der Waals surface area contributed by atoms with Crippen molar-refractivity contribution in [3.8, 4) is 5.75 Å². The van der Waals surface area contributed by atoms with Gasteiger partial charge in [0.1, 0.15) is 5.75 Å². The third-order valence-electron chi connectivity index (χ3n) is 3.73. The highest BCUT2D eigenvalue weighted by Crippen LogP contribution is 2.29. The van der Waals surface area contributed by atoms with Gasteiger partial charge in [0.15, 0.2) is 0 Å². The largest absolute Gasteiger partial charge is 0.506 e. The molecule has 1 fully saturated rings. The Balaban J connectivity index is 2.01. The fourth-order valence-electron chi connectivity index (χ4n) is 2.51. The van der Waals surface area contributed by atoms with Crippen LogP contribution in [-0.4, -0.2) is 41.0 Å². The minimum absolute atomic E-state index is 0.0341. The Kier molecular flexibility index (Phi) is 4.88. The number of halogens is 1. The number of hydrogen-bond acceptors (Lipinski definition) is 3. The van der Waals surface area contributed by atoms with Crippen LogP contribution in [0.5, 0.6) is 5.75 Å². The average molecular weight is 355 g/mol. The van der Waals surface area contributed by atoms with Gasteiger partial charge in [0.2, 0.25) is 5.91 Å². The zero-order chi connectivity index (χ0) is 15.6. The average Bonchev–Trinajstić information content (AvgIpc) is 2.43. The Morgan fingerprint density at radius 1 is 1.33 bits per heavy atom. The van der Waals surface area contributed by atoms with Gasteiger partial charge in [0, 0.05) is 26.1 Å². The third kappa shape index (κ3) is 3.75. The molecule has 114 valence electrons. The Morgan fingerprint density at radius 3 is 2.52 bits per heavy atom. The summed E-state index contributed by atoms with van der Waals surface area (Å²) in [6.45, 7) is 4.74. The molecule has 0 bridgehead atoms. The first kappa shape index (κ1) is 15.8. The van der Waals surface area contributed by atoms with Gasteiger partial charge in [-0.2, -0.15) is 0 Å². The van der Waals surface area contributed by atoms with E-state index >= 15 is 0 Å². The molecule has 5 nitrogen and oxygen atoms in total. The lowest BCUT2D eigenvalue weighted by atomic mass is 10.0. The molecule has 1 aromatic carbocycles. The number of aromatic hydroxyl groups is 1. The molecule has 0 aromatic heterocycles. The molecule has 0 unspecified atom stereocenters. The van der Waals surface area contributed by atoms with E-state index in [0.717, 1.165) is 18.4 Å². The zero-order valence-corrected chi connectivity index (χ0v) is 13.7. The monoisotopic (exact) mass is 354 g/mol. The van der Waals surface area contributed by atoms with E-state index in [9.17, 15) is 14.7 Å². The predicted octanol–water partition coefficient (Wildman–Crippen LogP) is 2.20. The molecular formula is C15H19BrN2O3. The fourth-order valence-corrected chi connectivity index (χ4v) is 3.08. The van der Waals surface area contributed by atoms with E-state index < -0.39 is 0 Å². The second-order valence-corrected chi connectivity index (χ2v) is 6.25. The number of carbonyl (C=O) groups excluding carboxylic acids is 2. The fraction of sp³-hybridized carbons (Fsp3) is 0.467. The zero-order valence-electron chi connectivity index (χ0n) is 12.1. The van der Waals surface area contributed by atoms with Gasteiger partial charge in [-0.1, -0.05) is 0 Å². The Morgan fingerprint density at radius 2 is 1.95 bits per heavy atom. The minimum Gasteiger partial charge on any atom is -0.506 e. The molecule has 0 atom stereocenters. The summed E-state index contributed by atoms with van der Waals surface area (Å²) in [6.07, 6.45) is 1.47. The summed E-state index contributed by atoms with van der Waals surface area (Å²) in [4.78, 5) is 25.3. The lowest BCUT2D eigenvalue weighted by Gasteiger charge is -2.31. The van der Waals surface area contributed by atoms with Crippen LogP contribution in [0.4, 0.5) is 0 Å². The van der Waals surface area contributed by atoms with Crippen LogP contribution in [0.2, 0.25) is 0 Å². The van der Waals surface area contributed by atoms with Gasteiger partial charge in [-0.3, -0.25) is 9.59 Å². The van der Waals surface area contributed by atoms with Crippen molar-refractivity contribution in [2.75, 3.05) is 13.1 Å². The van der Waals surface area contributed by atoms with Crippen LogP contribution >= 0.6 is 15.9 Å². The number of amides is 2. The highest BCUT2D eigenvalue weighted by atomic mass is 79.9. The number of likely N-dealkylation sites (tertiary alicyclic amines) is 1. The summed E-state index contributed by atoms with van der Waals surface area (Å²) < 4.78 is 0.513. The summed E-state index contributed by atoms with van der Waals surface area (Å²) in [5.74, 6) is -0.252. The highest BCUT2D eigenvalue weighted by Gasteiger charge is 2.23. The number of hydrogen-bond donors (Lipinski definition) is 2. The van der Waals surface area contributed by atoms with Crippen molar-refractivity contribution in [3.63, 3.8) is 0 Å². The van der Waals surface area contributed by atoms with Crippen molar-refractivity contribution in [2.24, 2.45) is 0 Å². The number of phenolic OH excluding ortho intramolecular Hbond substituents is 1. The van der Waals surface area contributed by atoms with E-state index in [2.05, 4.69) is 21.2 Å². The first-order chi connectivity index (χ1) is 9.88.